The molecule has 2 atom stereocenters. The molecular formula is C15H22N2O3S. The molecule has 0 spiro atoms. The molecule has 3 rings (SSSR count). The van der Waals surface area contributed by atoms with Crippen molar-refractivity contribution >= 4 is 10.0 Å². The summed E-state index contributed by atoms with van der Waals surface area (Å²) in [5.74, 6) is 0.673. The van der Waals surface area contributed by atoms with Gasteiger partial charge in [-0.2, -0.15) is 0 Å². The Bertz CT molecular complexity index is 618. The summed E-state index contributed by atoms with van der Waals surface area (Å²) in [6.07, 6.45) is 4.07. The molecule has 2 aliphatic heterocycles. The first-order valence-corrected chi connectivity index (χ1v) is 8.89. The minimum atomic E-state index is -3.47. The van der Waals surface area contributed by atoms with Crippen LogP contribution in [0.1, 0.15) is 31.2 Å². The minimum absolute atomic E-state index is 0.0373. The Morgan fingerprint density at radius 2 is 1.90 bits per heavy atom. The first-order valence-electron chi connectivity index (χ1n) is 7.41. The number of hydrogen-bond donors (Lipinski definition) is 2. The van der Waals surface area contributed by atoms with Gasteiger partial charge >= 0.3 is 0 Å². The maximum atomic E-state index is 12.6. The second-order valence-corrected chi connectivity index (χ2v) is 7.74. The molecule has 2 saturated heterocycles. The SMILES string of the molecule is COc1ccc(S(=O)(=O)NC2CC3CCC(C2)N3)c(C)c1. The number of fused-ring (bicyclic) bond motifs is 2. The fourth-order valence-corrected chi connectivity index (χ4v) is 4.98. The molecule has 2 fully saturated rings. The van der Waals surface area contributed by atoms with E-state index in [4.69, 9.17) is 4.74 Å². The van der Waals surface area contributed by atoms with Crippen LogP contribution in [-0.4, -0.2) is 33.7 Å². The lowest BCUT2D eigenvalue weighted by Crippen LogP contribution is -2.48. The molecule has 0 aliphatic carbocycles. The van der Waals surface area contributed by atoms with Gasteiger partial charge in [0.05, 0.1) is 12.0 Å². The van der Waals surface area contributed by atoms with Gasteiger partial charge in [0.2, 0.25) is 10.0 Å². The van der Waals surface area contributed by atoms with Crippen LogP contribution in [-0.2, 0) is 10.0 Å². The van der Waals surface area contributed by atoms with Crippen molar-refractivity contribution in [1.82, 2.24) is 10.0 Å². The number of benzene rings is 1. The van der Waals surface area contributed by atoms with Crippen LogP contribution in [0.25, 0.3) is 0 Å². The van der Waals surface area contributed by atoms with E-state index in [1.807, 2.05) is 0 Å². The lowest BCUT2D eigenvalue weighted by molar-refractivity contribution is 0.345. The van der Waals surface area contributed by atoms with Gasteiger partial charge in [0, 0.05) is 18.1 Å². The van der Waals surface area contributed by atoms with Gasteiger partial charge in [0.25, 0.3) is 0 Å². The van der Waals surface area contributed by atoms with Crippen LogP contribution in [0.3, 0.4) is 0 Å². The van der Waals surface area contributed by atoms with Crippen molar-refractivity contribution in [1.29, 1.82) is 0 Å². The molecular weight excluding hydrogens is 288 g/mol. The highest BCUT2D eigenvalue weighted by Crippen LogP contribution is 2.28. The van der Waals surface area contributed by atoms with E-state index < -0.39 is 10.0 Å². The van der Waals surface area contributed by atoms with E-state index in [0.29, 0.717) is 28.3 Å². The molecule has 2 aliphatic rings. The highest BCUT2D eigenvalue weighted by molar-refractivity contribution is 7.89. The van der Waals surface area contributed by atoms with Crippen LogP contribution in [0, 0.1) is 6.92 Å². The monoisotopic (exact) mass is 310 g/mol. The molecule has 0 aromatic heterocycles. The van der Waals surface area contributed by atoms with Crippen LogP contribution in [0.5, 0.6) is 5.75 Å². The zero-order valence-corrected chi connectivity index (χ0v) is 13.2. The standard InChI is InChI=1S/C15H22N2O3S/c1-10-7-14(20-2)5-6-15(10)21(18,19)17-13-8-11-3-4-12(9-13)16-11/h5-7,11-13,16-17H,3-4,8-9H2,1-2H3. The zero-order chi connectivity index (χ0) is 15.0. The Morgan fingerprint density at radius 1 is 1.24 bits per heavy atom. The molecule has 0 saturated carbocycles. The van der Waals surface area contributed by atoms with Gasteiger partial charge in [0.1, 0.15) is 5.75 Å². The largest absolute Gasteiger partial charge is 0.497 e. The summed E-state index contributed by atoms with van der Waals surface area (Å²) in [6.45, 7) is 1.79. The van der Waals surface area contributed by atoms with Crippen molar-refractivity contribution < 1.29 is 13.2 Å². The number of rotatable bonds is 4. The third kappa shape index (κ3) is 3.07. The quantitative estimate of drug-likeness (QED) is 0.886. The Labute approximate surface area is 126 Å². The Morgan fingerprint density at radius 3 is 2.48 bits per heavy atom. The maximum absolute atomic E-state index is 12.6. The fraction of sp³-hybridized carbons (Fsp3) is 0.600. The van der Waals surface area contributed by atoms with Crippen LogP contribution in [0.2, 0.25) is 0 Å². The van der Waals surface area contributed by atoms with Gasteiger partial charge in [-0.1, -0.05) is 0 Å². The molecule has 1 aromatic rings. The van der Waals surface area contributed by atoms with Gasteiger partial charge in [-0.05, 0) is 56.4 Å². The predicted molar refractivity (Wildman–Crippen MR) is 81.0 cm³/mol. The molecule has 5 nitrogen and oxygen atoms in total. The average Bonchev–Trinajstić information content (AvgIpc) is 2.77. The van der Waals surface area contributed by atoms with E-state index in [9.17, 15) is 8.42 Å². The van der Waals surface area contributed by atoms with E-state index >= 15 is 0 Å². The number of methoxy groups -OCH3 is 1. The number of hydrogen-bond acceptors (Lipinski definition) is 4. The molecule has 2 unspecified atom stereocenters. The molecule has 1 aromatic carbocycles. The van der Waals surface area contributed by atoms with E-state index in [2.05, 4.69) is 10.0 Å². The molecule has 0 amide bonds. The molecule has 0 radical (unpaired) electrons. The van der Waals surface area contributed by atoms with Crippen LogP contribution >= 0.6 is 0 Å². The van der Waals surface area contributed by atoms with Crippen LogP contribution < -0.4 is 14.8 Å². The molecule has 116 valence electrons. The summed E-state index contributed by atoms with van der Waals surface area (Å²) in [5.41, 5.74) is 0.707. The zero-order valence-electron chi connectivity index (χ0n) is 12.4. The molecule has 2 N–H and O–H groups in total. The van der Waals surface area contributed by atoms with Crippen molar-refractivity contribution in [3.8, 4) is 5.75 Å². The van der Waals surface area contributed by atoms with E-state index in [0.717, 1.165) is 25.7 Å². The first kappa shape index (κ1) is 14.8. The Balaban J connectivity index is 1.77. The fourth-order valence-electron chi connectivity index (χ4n) is 3.49. The highest BCUT2D eigenvalue weighted by Gasteiger charge is 2.35. The lowest BCUT2D eigenvalue weighted by atomic mass is 10.0. The van der Waals surface area contributed by atoms with E-state index in [1.54, 1.807) is 32.2 Å². The third-order valence-electron chi connectivity index (χ3n) is 4.47. The summed E-state index contributed by atoms with van der Waals surface area (Å²) in [6, 6.07) is 6.03. The summed E-state index contributed by atoms with van der Waals surface area (Å²) < 4.78 is 33.2. The lowest BCUT2D eigenvalue weighted by Gasteiger charge is -2.29. The molecule has 2 bridgehead atoms. The minimum Gasteiger partial charge on any atom is -0.497 e. The maximum Gasteiger partial charge on any atom is 0.241 e. The van der Waals surface area contributed by atoms with Crippen molar-refractivity contribution in [2.24, 2.45) is 0 Å². The molecule has 21 heavy (non-hydrogen) atoms. The summed E-state index contributed by atoms with van der Waals surface area (Å²) >= 11 is 0. The summed E-state index contributed by atoms with van der Waals surface area (Å²) in [7, 11) is -1.89. The van der Waals surface area contributed by atoms with Crippen molar-refractivity contribution in [3.63, 3.8) is 0 Å². The van der Waals surface area contributed by atoms with Gasteiger partial charge in [-0.3, -0.25) is 0 Å². The normalized spacial score (nSPS) is 28.6. The van der Waals surface area contributed by atoms with Crippen molar-refractivity contribution in [2.75, 3.05) is 7.11 Å². The highest BCUT2D eigenvalue weighted by atomic mass is 32.2. The van der Waals surface area contributed by atoms with Gasteiger partial charge in [-0.15, -0.1) is 0 Å². The number of aryl methyl sites for hydroxylation is 1. The molecule has 2 heterocycles. The van der Waals surface area contributed by atoms with Crippen LogP contribution in [0.4, 0.5) is 0 Å². The number of nitrogens with one attached hydrogen (secondary N) is 2. The number of sulfonamides is 1. The molecule has 6 heteroatoms. The second kappa shape index (κ2) is 5.59. The second-order valence-electron chi connectivity index (χ2n) is 6.06. The summed E-state index contributed by atoms with van der Waals surface area (Å²) in [4.78, 5) is 0.342. The van der Waals surface area contributed by atoms with Crippen molar-refractivity contribution in [3.05, 3.63) is 23.8 Å². The Hall–Kier alpha value is -1.11. The first-order chi connectivity index (χ1) is 9.98. The topological polar surface area (TPSA) is 67.4 Å². The smallest absolute Gasteiger partial charge is 0.241 e. The van der Waals surface area contributed by atoms with Crippen LogP contribution in [0.15, 0.2) is 23.1 Å². The third-order valence-corrected chi connectivity index (χ3v) is 6.15. The number of piperidine rings is 1. The van der Waals surface area contributed by atoms with E-state index in [-0.39, 0.29) is 6.04 Å². The Kier molecular flexibility index (Phi) is 3.94. The average molecular weight is 310 g/mol. The van der Waals surface area contributed by atoms with Gasteiger partial charge < -0.3 is 10.1 Å². The predicted octanol–water partition coefficient (Wildman–Crippen LogP) is 1.56. The van der Waals surface area contributed by atoms with E-state index in [1.165, 1.54) is 0 Å². The van der Waals surface area contributed by atoms with Gasteiger partial charge in [0.15, 0.2) is 0 Å². The van der Waals surface area contributed by atoms with Crippen molar-refractivity contribution in [2.45, 2.75) is 55.6 Å². The summed E-state index contributed by atoms with van der Waals surface area (Å²) in [5, 5.41) is 3.52. The number of ether oxygens (including phenoxy) is 1. The van der Waals surface area contributed by atoms with Gasteiger partial charge in [-0.25, -0.2) is 13.1 Å².